The van der Waals surface area contributed by atoms with Gasteiger partial charge in [0.2, 0.25) is 0 Å². The highest BCUT2D eigenvalue weighted by Gasteiger charge is 2.28. The Kier molecular flexibility index (Phi) is 2.91. The molecule has 1 saturated carbocycles. The molecule has 94 valence electrons. The standard InChI is InChI=1S/C12H13ClN4O/c13-10-8-11(18)17(12(15-10)9-2-3-9)7-6-16-5-1-4-14-16/h1,4-5,8-9H,2-3,6-7H2. The second kappa shape index (κ2) is 4.57. The second-order valence-corrected chi connectivity index (χ2v) is 4.86. The molecule has 18 heavy (non-hydrogen) atoms. The van der Waals surface area contributed by atoms with Gasteiger partial charge in [-0.1, -0.05) is 11.6 Å². The number of aryl methyl sites for hydroxylation is 1. The summed E-state index contributed by atoms with van der Waals surface area (Å²) in [5.41, 5.74) is -0.0796. The minimum Gasteiger partial charge on any atom is -0.294 e. The van der Waals surface area contributed by atoms with Crippen molar-refractivity contribution in [2.24, 2.45) is 0 Å². The first kappa shape index (κ1) is 11.5. The molecule has 0 aliphatic heterocycles. The smallest absolute Gasteiger partial charge is 0.255 e. The fourth-order valence-corrected chi connectivity index (χ4v) is 2.19. The van der Waals surface area contributed by atoms with Gasteiger partial charge in [0.1, 0.15) is 11.0 Å². The minimum absolute atomic E-state index is 0.0796. The predicted octanol–water partition coefficient (Wildman–Crippen LogP) is 1.67. The van der Waals surface area contributed by atoms with E-state index in [9.17, 15) is 4.79 Å². The van der Waals surface area contributed by atoms with Gasteiger partial charge < -0.3 is 0 Å². The Bertz CT molecular complexity index is 601. The largest absolute Gasteiger partial charge is 0.294 e. The first-order chi connectivity index (χ1) is 8.74. The molecule has 0 atom stereocenters. The summed E-state index contributed by atoms with van der Waals surface area (Å²) in [4.78, 5) is 16.3. The van der Waals surface area contributed by atoms with E-state index in [0.717, 1.165) is 18.7 Å². The van der Waals surface area contributed by atoms with E-state index in [1.165, 1.54) is 6.07 Å². The molecule has 1 aliphatic rings. The van der Waals surface area contributed by atoms with Crippen molar-refractivity contribution in [1.29, 1.82) is 0 Å². The Labute approximate surface area is 109 Å². The molecule has 0 aromatic carbocycles. The van der Waals surface area contributed by atoms with Gasteiger partial charge in [-0.05, 0) is 18.9 Å². The molecule has 6 heteroatoms. The molecule has 2 aromatic rings. The number of hydrogen-bond donors (Lipinski definition) is 0. The summed E-state index contributed by atoms with van der Waals surface area (Å²) < 4.78 is 3.52. The third-order valence-corrected chi connectivity index (χ3v) is 3.25. The van der Waals surface area contributed by atoms with Crippen LogP contribution in [-0.2, 0) is 13.1 Å². The molecular weight excluding hydrogens is 252 g/mol. The molecule has 0 spiro atoms. The zero-order chi connectivity index (χ0) is 12.5. The van der Waals surface area contributed by atoms with Crippen molar-refractivity contribution in [2.75, 3.05) is 0 Å². The van der Waals surface area contributed by atoms with Gasteiger partial charge >= 0.3 is 0 Å². The number of aromatic nitrogens is 4. The Balaban J connectivity index is 1.88. The van der Waals surface area contributed by atoms with Gasteiger partial charge in [0.25, 0.3) is 5.56 Å². The van der Waals surface area contributed by atoms with Crippen LogP contribution in [0, 0.1) is 0 Å². The lowest BCUT2D eigenvalue weighted by atomic mass is 10.3. The lowest BCUT2D eigenvalue weighted by Gasteiger charge is -2.11. The normalized spacial score (nSPS) is 14.9. The maximum atomic E-state index is 12.0. The monoisotopic (exact) mass is 264 g/mol. The molecule has 1 aliphatic carbocycles. The van der Waals surface area contributed by atoms with Crippen LogP contribution in [0.5, 0.6) is 0 Å². The molecule has 0 radical (unpaired) electrons. The lowest BCUT2D eigenvalue weighted by molar-refractivity contribution is 0.502. The van der Waals surface area contributed by atoms with E-state index in [2.05, 4.69) is 10.1 Å². The van der Waals surface area contributed by atoms with Crippen molar-refractivity contribution in [1.82, 2.24) is 19.3 Å². The summed E-state index contributed by atoms with van der Waals surface area (Å²) in [6.45, 7) is 1.24. The van der Waals surface area contributed by atoms with Gasteiger partial charge in [-0.2, -0.15) is 5.10 Å². The van der Waals surface area contributed by atoms with Crippen molar-refractivity contribution in [3.63, 3.8) is 0 Å². The van der Waals surface area contributed by atoms with Gasteiger partial charge in [0, 0.05) is 30.9 Å². The second-order valence-electron chi connectivity index (χ2n) is 4.47. The van der Waals surface area contributed by atoms with Gasteiger partial charge in [0.05, 0.1) is 6.54 Å². The van der Waals surface area contributed by atoms with E-state index in [1.807, 2.05) is 12.3 Å². The van der Waals surface area contributed by atoms with Crippen LogP contribution in [-0.4, -0.2) is 19.3 Å². The molecule has 5 nitrogen and oxygen atoms in total. The van der Waals surface area contributed by atoms with Crippen LogP contribution in [0.3, 0.4) is 0 Å². The van der Waals surface area contributed by atoms with Crippen LogP contribution in [0.15, 0.2) is 29.3 Å². The summed E-state index contributed by atoms with van der Waals surface area (Å²) in [5.74, 6) is 1.22. The summed E-state index contributed by atoms with van der Waals surface area (Å²) in [6.07, 6.45) is 5.79. The third kappa shape index (κ3) is 2.31. The van der Waals surface area contributed by atoms with Crippen LogP contribution >= 0.6 is 11.6 Å². The molecule has 0 saturated heterocycles. The van der Waals surface area contributed by atoms with Crippen LogP contribution in [0.4, 0.5) is 0 Å². The van der Waals surface area contributed by atoms with Gasteiger partial charge in [-0.15, -0.1) is 0 Å². The van der Waals surface area contributed by atoms with E-state index < -0.39 is 0 Å². The summed E-state index contributed by atoms with van der Waals surface area (Å²) in [5, 5.41) is 4.41. The maximum Gasteiger partial charge on any atom is 0.255 e. The summed E-state index contributed by atoms with van der Waals surface area (Å²) in [7, 11) is 0. The summed E-state index contributed by atoms with van der Waals surface area (Å²) >= 11 is 5.85. The van der Waals surface area contributed by atoms with Crippen molar-refractivity contribution >= 4 is 11.6 Å². The SMILES string of the molecule is O=c1cc(Cl)nc(C2CC2)n1CCn1cccn1. The molecule has 2 aromatic heterocycles. The molecule has 1 fully saturated rings. The number of hydrogen-bond acceptors (Lipinski definition) is 3. The zero-order valence-electron chi connectivity index (χ0n) is 9.79. The molecule has 0 amide bonds. The quantitative estimate of drug-likeness (QED) is 0.790. The molecule has 0 N–H and O–H groups in total. The van der Waals surface area contributed by atoms with E-state index >= 15 is 0 Å². The summed E-state index contributed by atoms with van der Waals surface area (Å²) in [6, 6.07) is 3.24. The molecular formula is C12H13ClN4O. The Morgan fingerprint density at radius 2 is 2.22 bits per heavy atom. The minimum atomic E-state index is -0.0796. The molecule has 0 bridgehead atoms. The van der Waals surface area contributed by atoms with Crippen molar-refractivity contribution in [3.05, 3.63) is 45.9 Å². The fraction of sp³-hybridized carbons (Fsp3) is 0.417. The first-order valence-corrected chi connectivity index (χ1v) is 6.36. The highest BCUT2D eigenvalue weighted by Crippen LogP contribution is 2.38. The van der Waals surface area contributed by atoms with Gasteiger partial charge in [-0.25, -0.2) is 4.98 Å². The number of rotatable bonds is 4. The van der Waals surface area contributed by atoms with Crippen LogP contribution in [0.2, 0.25) is 5.15 Å². The number of halogens is 1. The Hall–Kier alpha value is -1.62. The average molecular weight is 265 g/mol. The average Bonchev–Trinajstić information content (AvgIpc) is 3.05. The Morgan fingerprint density at radius 3 is 2.89 bits per heavy atom. The molecule has 0 unspecified atom stereocenters. The fourth-order valence-electron chi connectivity index (χ4n) is 2.01. The zero-order valence-corrected chi connectivity index (χ0v) is 10.5. The molecule has 3 rings (SSSR count). The highest BCUT2D eigenvalue weighted by molar-refractivity contribution is 6.29. The maximum absolute atomic E-state index is 12.0. The van der Waals surface area contributed by atoms with Gasteiger partial charge in [0.15, 0.2) is 0 Å². The van der Waals surface area contributed by atoms with Crippen LogP contribution < -0.4 is 5.56 Å². The first-order valence-electron chi connectivity index (χ1n) is 5.99. The van der Waals surface area contributed by atoms with Crippen molar-refractivity contribution in [2.45, 2.75) is 31.8 Å². The van der Waals surface area contributed by atoms with Crippen LogP contribution in [0.25, 0.3) is 0 Å². The van der Waals surface area contributed by atoms with E-state index in [1.54, 1.807) is 15.4 Å². The van der Waals surface area contributed by atoms with Crippen LogP contribution in [0.1, 0.15) is 24.6 Å². The third-order valence-electron chi connectivity index (χ3n) is 3.06. The van der Waals surface area contributed by atoms with Crippen molar-refractivity contribution in [3.8, 4) is 0 Å². The highest BCUT2D eigenvalue weighted by atomic mass is 35.5. The molecule has 2 heterocycles. The van der Waals surface area contributed by atoms with Crippen molar-refractivity contribution < 1.29 is 0 Å². The van der Waals surface area contributed by atoms with E-state index in [0.29, 0.717) is 19.0 Å². The van der Waals surface area contributed by atoms with E-state index in [-0.39, 0.29) is 10.7 Å². The topological polar surface area (TPSA) is 52.7 Å². The number of nitrogens with zero attached hydrogens (tertiary/aromatic N) is 4. The Morgan fingerprint density at radius 1 is 1.39 bits per heavy atom. The predicted molar refractivity (Wildman–Crippen MR) is 67.7 cm³/mol. The van der Waals surface area contributed by atoms with Gasteiger partial charge in [-0.3, -0.25) is 14.0 Å². The lowest BCUT2D eigenvalue weighted by Crippen LogP contribution is -2.26. The van der Waals surface area contributed by atoms with E-state index in [4.69, 9.17) is 11.6 Å².